The summed E-state index contributed by atoms with van der Waals surface area (Å²) < 4.78 is 60.7. The molecule has 0 bridgehead atoms. The van der Waals surface area contributed by atoms with E-state index >= 15 is 4.39 Å². The van der Waals surface area contributed by atoms with Crippen molar-refractivity contribution in [3.05, 3.63) is 68.5 Å². The number of pyridine rings is 1. The van der Waals surface area contributed by atoms with Crippen LogP contribution in [0.15, 0.2) is 23.1 Å². The first-order valence-corrected chi connectivity index (χ1v) is 9.30. The summed E-state index contributed by atoms with van der Waals surface area (Å²) >= 11 is 0. The first-order valence-electron chi connectivity index (χ1n) is 9.30. The number of fused-ring (bicyclic) bond motifs is 2. The first-order chi connectivity index (χ1) is 14.3. The predicted molar refractivity (Wildman–Crippen MR) is 99.3 cm³/mol. The maximum absolute atomic E-state index is 15.0. The van der Waals surface area contributed by atoms with Gasteiger partial charge in [0.15, 0.2) is 11.6 Å². The van der Waals surface area contributed by atoms with Gasteiger partial charge in [-0.2, -0.15) is 0 Å². The largest absolute Gasteiger partial charge is 0.477 e. The maximum Gasteiger partial charge on any atom is 0.341 e. The normalized spacial score (nSPS) is 15.6. The van der Waals surface area contributed by atoms with Crippen LogP contribution in [0.4, 0.5) is 17.6 Å². The van der Waals surface area contributed by atoms with E-state index in [1.165, 1.54) is 4.57 Å². The lowest BCUT2D eigenvalue weighted by atomic mass is 9.96. The molecule has 2 aliphatic rings. The number of nitrogens with zero attached hydrogens (tertiary/aromatic N) is 1. The topological polar surface area (TPSA) is 71.3 Å². The van der Waals surface area contributed by atoms with Gasteiger partial charge in [0.05, 0.1) is 11.1 Å². The Morgan fingerprint density at radius 3 is 2.33 bits per heavy atom. The molecule has 0 amide bonds. The van der Waals surface area contributed by atoms with E-state index in [0.717, 1.165) is 18.3 Å². The summed E-state index contributed by atoms with van der Waals surface area (Å²) in [6, 6.07) is 1.74. The molecule has 9 heteroatoms. The standard InChI is InChI=1S/C21H14F4N2O3/c22-14-3-10-15(27(8-1-2-8)7-13(20(10)28)21(29)30)4-9(14)16-17(23)11-5-26-6-12(11)18(24)19(16)25/h3-4,7-8,26H,1-2,5-6H2,(H,29,30). The predicted octanol–water partition coefficient (Wildman–Crippen LogP) is 3.86. The molecule has 0 radical (unpaired) electrons. The Morgan fingerprint density at radius 1 is 1.03 bits per heavy atom. The van der Waals surface area contributed by atoms with E-state index in [0.29, 0.717) is 12.8 Å². The van der Waals surface area contributed by atoms with Crippen molar-refractivity contribution in [1.82, 2.24) is 9.88 Å². The summed E-state index contributed by atoms with van der Waals surface area (Å²) in [5.74, 6) is -6.41. The van der Waals surface area contributed by atoms with Crippen molar-refractivity contribution in [3.63, 3.8) is 0 Å². The molecule has 2 aromatic carbocycles. The fourth-order valence-electron chi connectivity index (χ4n) is 4.04. The van der Waals surface area contributed by atoms with Gasteiger partial charge >= 0.3 is 5.97 Å². The SMILES string of the molecule is O=C(O)c1cn(C2CC2)c2cc(-c3c(F)c(F)c4c(c3F)CNC4)c(F)cc2c1=O. The molecule has 2 heterocycles. The number of carboxylic acid groups (broad SMARTS) is 1. The van der Waals surface area contributed by atoms with E-state index < -0.39 is 51.4 Å². The van der Waals surface area contributed by atoms with Crippen LogP contribution in [0.1, 0.15) is 40.4 Å². The Morgan fingerprint density at radius 2 is 1.70 bits per heavy atom. The Hall–Kier alpha value is -3.20. The number of carboxylic acids is 1. The van der Waals surface area contributed by atoms with Crippen molar-refractivity contribution in [1.29, 1.82) is 0 Å². The van der Waals surface area contributed by atoms with Gasteiger partial charge in [-0.05, 0) is 25.0 Å². The van der Waals surface area contributed by atoms with E-state index in [1.807, 2.05) is 0 Å². The highest BCUT2D eigenvalue weighted by Gasteiger charge is 2.31. The van der Waals surface area contributed by atoms with Crippen LogP contribution in [0, 0.1) is 23.3 Å². The van der Waals surface area contributed by atoms with E-state index in [1.54, 1.807) is 0 Å². The fraction of sp³-hybridized carbons (Fsp3) is 0.238. The van der Waals surface area contributed by atoms with Gasteiger partial charge in [0, 0.05) is 47.4 Å². The van der Waals surface area contributed by atoms with Crippen molar-refractivity contribution < 1.29 is 27.5 Å². The number of rotatable bonds is 3. The number of hydrogen-bond donors (Lipinski definition) is 2. The van der Waals surface area contributed by atoms with Crippen molar-refractivity contribution in [3.8, 4) is 11.1 Å². The number of benzene rings is 2. The number of carbonyl (C=O) groups is 1. The molecule has 1 aromatic heterocycles. The number of aromatic carboxylic acids is 1. The van der Waals surface area contributed by atoms with E-state index in [-0.39, 0.29) is 41.2 Å². The molecule has 1 saturated carbocycles. The zero-order chi connectivity index (χ0) is 21.3. The fourth-order valence-corrected chi connectivity index (χ4v) is 4.04. The minimum Gasteiger partial charge on any atom is -0.477 e. The van der Waals surface area contributed by atoms with Gasteiger partial charge in [0.25, 0.3) is 0 Å². The Kier molecular flexibility index (Phi) is 4.01. The summed E-state index contributed by atoms with van der Waals surface area (Å²) in [5.41, 5.74) is -2.84. The van der Waals surface area contributed by atoms with E-state index in [4.69, 9.17) is 0 Å². The maximum atomic E-state index is 15.0. The van der Waals surface area contributed by atoms with Gasteiger partial charge in [-0.15, -0.1) is 0 Å². The summed E-state index contributed by atoms with van der Waals surface area (Å²) in [6.07, 6.45) is 2.59. The monoisotopic (exact) mass is 418 g/mol. The molecule has 1 fully saturated rings. The Balaban J connectivity index is 1.85. The molecule has 5 rings (SSSR count). The zero-order valence-electron chi connectivity index (χ0n) is 15.4. The number of nitrogens with one attached hydrogen (secondary N) is 1. The third kappa shape index (κ3) is 2.58. The zero-order valence-corrected chi connectivity index (χ0v) is 15.4. The van der Waals surface area contributed by atoms with Crippen LogP contribution >= 0.6 is 0 Å². The molecule has 154 valence electrons. The molecule has 0 spiro atoms. The molecule has 1 aliphatic carbocycles. The van der Waals surface area contributed by atoms with E-state index in [9.17, 15) is 27.9 Å². The molecule has 5 nitrogen and oxygen atoms in total. The summed E-state index contributed by atoms with van der Waals surface area (Å²) in [7, 11) is 0. The molecule has 0 atom stereocenters. The first kappa shape index (κ1) is 18.8. The van der Waals surface area contributed by atoms with Crippen LogP contribution in [-0.2, 0) is 13.1 Å². The van der Waals surface area contributed by atoms with Crippen molar-refractivity contribution in [2.75, 3.05) is 0 Å². The molecular weight excluding hydrogens is 404 g/mol. The minimum atomic E-state index is -1.50. The Bertz CT molecular complexity index is 1330. The van der Waals surface area contributed by atoms with Gasteiger partial charge in [-0.25, -0.2) is 22.4 Å². The third-order valence-corrected chi connectivity index (χ3v) is 5.69. The number of hydrogen-bond acceptors (Lipinski definition) is 3. The highest BCUT2D eigenvalue weighted by molar-refractivity contribution is 5.94. The van der Waals surface area contributed by atoms with Gasteiger partial charge < -0.3 is 15.0 Å². The van der Waals surface area contributed by atoms with Gasteiger partial charge in [0.2, 0.25) is 5.43 Å². The minimum absolute atomic E-state index is 0.0185. The molecule has 1 aliphatic heterocycles. The molecular formula is C21H14F4N2O3. The van der Waals surface area contributed by atoms with Crippen LogP contribution in [0.5, 0.6) is 0 Å². The Labute approximate surface area is 166 Å². The van der Waals surface area contributed by atoms with Crippen molar-refractivity contribution in [2.45, 2.75) is 32.0 Å². The van der Waals surface area contributed by atoms with Crippen LogP contribution < -0.4 is 10.7 Å². The van der Waals surface area contributed by atoms with Gasteiger partial charge in [0.1, 0.15) is 17.2 Å². The molecule has 30 heavy (non-hydrogen) atoms. The quantitative estimate of drug-likeness (QED) is 0.501. The summed E-state index contributed by atoms with van der Waals surface area (Å²) in [6.45, 7) is -0.0516. The summed E-state index contributed by atoms with van der Waals surface area (Å²) in [5, 5.41) is 11.8. The van der Waals surface area contributed by atoms with Crippen LogP contribution in [0.3, 0.4) is 0 Å². The van der Waals surface area contributed by atoms with Crippen molar-refractivity contribution in [2.24, 2.45) is 0 Å². The van der Waals surface area contributed by atoms with Crippen LogP contribution in [0.2, 0.25) is 0 Å². The second kappa shape index (κ2) is 6.40. The smallest absolute Gasteiger partial charge is 0.341 e. The molecule has 3 aromatic rings. The number of halogens is 4. The lowest BCUT2D eigenvalue weighted by Crippen LogP contribution is -2.19. The lowest BCUT2D eigenvalue weighted by Gasteiger charge is -2.16. The average molecular weight is 418 g/mol. The van der Waals surface area contributed by atoms with Crippen molar-refractivity contribution >= 4 is 16.9 Å². The highest BCUT2D eigenvalue weighted by atomic mass is 19.2. The van der Waals surface area contributed by atoms with Crippen LogP contribution in [0.25, 0.3) is 22.0 Å². The lowest BCUT2D eigenvalue weighted by molar-refractivity contribution is 0.0695. The molecule has 0 saturated heterocycles. The molecule has 2 N–H and O–H groups in total. The van der Waals surface area contributed by atoms with Gasteiger partial charge in [-0.3, -0.25) is 4.79 Å². The number of aromatic nitrogens is 1. The van der Waals surface area contributed by atoms with Crippen LogP contribution in [-0.4, -0.2) is 15.6 Å². The van der Waals surface area contributed by atoms with E-state index in [2.05, 4.69) is 5.32 Å². The van der Waals surface area contributed by atoms with Gasteiger partial charge in [-0.1, -0.05) is 0 Å². The molecule has 0 unspecified atom stereocenters. The second-order valence-corrected chi connectivity index (χ2v) is 7.54. The highest BCUT2D eigenvalue weighted by Crippen LogP contribution is 2.40. The third-order valence-electron chi connectivity index (χ3n) is 5.69. The summed E-state index contributed by atoms with van der Waals surface area (Å²) in [4.78, 5) is 23.9. The second-order valence-electron chi connectivity index (χ2n) is 7.54. The average Bonchev–Trinajstić information content (AvgIpc) is 3.42.